The lowest BCUT2D eigenvalue weighted by molar-refractivity contribution is 0.415. The highest BCUT2D eigenvalue weighted by molar-refractivity contribution is 5.82. The number of aromatic nitrogens is 3. The van der Waals surface area contributed by atoms with Gasteiger partial charge in [0.1, 0.15) is 11.4 Å². The van der Waals surface area contributed by atoms with Crippen molar-refractivity contribution in [3.05, 3.63) is 54.5 Å². The SMILES string of the molecule is COc1ccc(-c2n[nH]c(C)c2-c2ccncc2)cc1. The second-order valence-electron chi connectivity index (χ2n) is 4.54. The molecule has 0 radical (unpaired) electrons. The molecule has 0 atom stereocenters. The molecule has 3 rings (SSSR count). The zero-order valence-corrected chi connectivity index (χ0v) is 11.4. The predicted molar refractivity (Wildman–Crippen MR) is 78.5 cm³/mol. The third kappa shape index (κ3) is 2.16. The van der Waals surface area contributed by atoms with Crippen LogP contribution in [-0.4, -0.2) is 22.3 Å². The standard InChI is InChI=1S/C16H15N3O/c1-11-15(12-7-9-17-10-8-12)16(19-18-11)13-3-5-14(20-2)6-4-13/h3-10H,1-2H3,(H,18,19). The molecule has 100 valence electrons. The Bertz CT molecular complexity index is 702. The van der Waals surface area contributed by atoms with Gasteiger partial charge in [-0.05, 0) is 48.9 Å². The first-order valence-electron chi connectivity index (χ1n) is 6.39. The average Bonchev–Trinajstić information content (AvgIpc) is 2.90. The summed E-state index contributed by atoms with van der Waals surface area (Å²) < 4.78 is 5.19. The molecular weight excluding hydrogens is 250 g/mol. The van der Waals surface area contributed by atoms with E-state index in [9.17, 15) is 0 Å². The zero-order valence-electron chi connectivity index (χ0n) is 11.4. The van der Waals surface area contributed by atoms with Gasteiger partial charge in [-0.3, -0.25) is 10.1 Å². The molecule has 0 saturated heterocycles. The fourth-order valence-corrected chi connectivity index (χ4v) is 2.26. The fourth-order valence-electron chi connectivity index (χ4n) is 2.26. The summed E-state index contributed by atoms with van der Waals surface area (Å²) in [6.07, 6.45) is 3.58. The molecule has 0 spiro atoms. The number of hydrogen-bond acceptors (Lipinski definition) is 3. The first-order chi connectivity index (χ1) is 9.79. The quantitative estimate of drug-likeness (QED) is 0.789. The molecular formula is C16H15N3O. The van der Waals surface area contributed by atoms with Gasteiger partial charge in [0.15, 0.2) is 0 Å². The maximum atomic E-state index is 5.19. The first-order valence-corrected chi connectivity index (χ1v) is 6.39. The molecule has 4 heteroatoms. The van der Waals surface area contributed by atoms with E-state index >= 15 is 0 Å². The van der Waals surface area contributed by atoms with Gasteiger partial charge < -0.3 is 4.74 Å². The number of benzene rings is 1. The van der Waals surface area contributed by atoms with Crippen molar-refractivity contribution in [2.45, 2.75) is 6.92 Å². The van der Waals surface area contributed by atoms with Crippen molar-refractivity contribution < 1.29 is 4.74 Å². The van der Waals surface area contributed by atoms with Gasteiger partial charge in [0.05, 0.1) is 7.11 Å². The molecule has 2 heterocycles. The van der Waals surface area contributed by atoms with Crippen molar-refractivity contribution in [2.75, 3.05) is 7.11 Å². The average molecular weight is 265 g/mol. The van der Waals surface area contributed by atoms with E-state index < -0.39 is 0 Å². The topological polar surface area (TPSA) is 50.8 Å². The van der Waals surface area contributed by atoms with E-state index in [-0.39, 0.29) is 0 Å². The summed E-state index contributed by atoms with van der Waals surface area (Å²) in [6, 6.07) is 11.9. The van der Waals surface area contributed by atoms with Gasteiger partial charge in [0.25, 0.3) is 0 Å². The lowest BCUT2D eigenvalue weighted by Crippen LogP contribution is -1.86. The first kappa shape index (κ1) is 12.4. The lowest BCUT2D eigenvalue weighted by Gasteiger charge is -2.05. The third-order valence-corrected chi connectivity index (χ3v) is 3.28. The molecule has 3 aromatic rings. The van der Waals surface area contributed by atoms with Crippen LogP contribution in [0.3, 0.4) is 0 Å². The minimum absolute atomic E-state index is 0.839. The number of ether oxygens (including phenoxy) is 1. The van der Waals surface area contributed by atoms with Crippen molar-refractivity contribution in [1.82, 2.24) is 15.2 Å². The molecule has 1 N–H and O–H groups in total. The summed E-state index contributed by atoms with van der Waals surface area (Å²) in [5, 5.41) is 7.49. The number of rotatable bonds is 3. The number of nitrogens with zero attached hydrogens (tertiary/aromatic N) is 2. The Kier molecular flexibility index (Phi) is 3.21. The van der Waals surface area contributed by atoms with E-state index in [2.05, 4.69) is 15.2 Å². The van der Waals surface area contributed by atoms with Crippen LogP contribution >= 0.6 is 0 Å². The van der Waals surface area contributed by atoms with E-state index in [4.69, 9.17) is 4.74 Å². The number of methoxy groups -OCH3 is 1. The molecule has 0 aliphatic rings. The van der Waals surface area contributed by atoms with Crippen molar-refractivity contribution in [3.8, 4) is 28.1 Å². The highest BCUT2D eigenvalue weighted by Crippen LogP contribution is 2.33. The molecule has 4 nitrogen and oxygen atoms in total. The van der Waals surface area contributed by atoms with Gasteiger partial charge in [-0.2, -0.15) is 5.10 Å². The van der Waals surface area contributed by atoms with Gasteiger partial charge in [0, 0.05) is 29.2 Å². The van der Waals surface area contributed by atoms with Gasteiger partial charge in [0.2, 0.25) is 0 Å². The van der Waals surface area contributed by atoms with Gasteiger partial charge in [-0.25, -0.2) is 0 Å². The van der Waals surface area contributed by atoms with Crippen molar-refractivity contribution in [3.63, 3.8) is 0 Å². The molecule has 0 unspecified atom stereocenters. The summed E-state index contributed by atoms with van der Waals surface area (Å²) in [5.74, 6) is 0.839. The monoisotopic (exact) mass is 265 g/mol. The number of aryl methyl sites for hydroxylation is 1. The van der Waals surface area contributed by atoms with Gasteiger partial charge >= 0.3 is 0 Å². The Morgan fingerprint density at radius 2 is 1.65 bits per heavy atom. The van der Waals surface area contributed by atoms with Crippen LogP contribution in [0.5, 0.6) is 5.75 Å². The second kappa shape index (κ2) is 5.17. The van der Waals surface area contributed by atoms with E-state index in [0.29, 0.717) is 0 Å². The van der Waals surface area contributed by atoms with Crippen LogP contribution in [0.25, 0.3) is 22.4 Å². The van der Waals surface area contributed by atoms with Crippen LogP contribution < -0.4 is 4.74 Å². The summed E-state index contributed by atoms with van der Waals surface area (Å²) >= 11 is 0. The Labute approximate surface area is 117 Å². The molecule has 0 aliphatic heterocycles. The van der Waals surface area contributed by atoms with Crippen LogP contribution in [0, 0.1) is 6.92 Å². The van der Waals surface area contributed by atoms with Crippen molar-refractivity contribution in [2.24, 2.45) is 0 Å². The summed E-state index contributed by atoms with van der Waals surface area (Å²) in [6.45, 7) is 2.02. The highest BCUT2D eigenvalue weighted by atomic mass is 16.5. The summed E-state index contributed by atoms with van der Waals surface area (Å²) in [5.41, 5.74) is 5.26. The van der Waals surface area contributed by atoms with Crippen LogP contribution in [-0.2, 0) is 0 Å². The van der Waals surface area contributed by atoms with Crippen LogP contribution in [0.4, 0.5) is 0 Å². The van der Waals surface area contributed by atoms with Crippen molar-refractivity contribution in [1.29, 1.82) is 0 Å². The summed E-state index contributed by atoms with van der Waals surface area (Å²) in [4.78, 5) is 4.06. The van der Waals surface area contributed by atoms with Gasteiger partial charge in [-0.15, -0.1) is 0 Å². The molecule has 0 amide bonds. The molecule has 0 aliphatic carbocycles. The Morgan fingerprint density at radius 1 is 0.950 bits per heavy atom. The molecule has 1 aromatic carbocycles. The largest absolute Gasteiger partial charge is 0.497 e. The Morgan fingerprint density at radius 3 is 2.30 bits per heavy atom. The molecule has 0 saturated carbocycles. The van der Waals surface area contributed by atoms with Crippen LogP contribution in [0.1, 0.15) is 5.69 Å². The Hall–Kier alpha value is -2.62. The lowest BCUT2D eigenvalue weighted by atomic mass is 10.0. The molecule has 2 aromatic heterocycles. The van der Waals surface area contributed by atoms with E-state index in [1.165, 1.54) is 0 Å². The van der Waals surface area contributed by atoms with E-state index in [1.54, 1.807) is 19.5 Å². The number of hydrogen-bond donors (Lipinski definition) is 1. The maximum Gasteiger partial charge on any atom is 0.118 e. The predicted octanol–water partition coefficient (Wildman–Crippen LogP) is 3.46. The van der Waals surface area contributed by atoms with Gasteiger partial charge in [-0.1, -0.05) is 0 Å². The number of pyridine rings is 1. The fraction of sp³-hybridized carbons (Fsp3) is 0.125. The van der Waals surface area contributed by atoms with Crippen molar-refractivity contribution >= 4 is 0 Å². The van der Waals surface area contributed by atoms with E-state index in [0.717, 1.165) is 33.8 Å². The number of H-pyrrole nitrogens is 1. The van der Waals surface area contributed by atoms with Crippen LogP contribution in [0.2, 0.25) is 0 Å². The second-order valence-corrected chi connectivity index (χ2v) is 4.54. The molecule has 0 bridgehead atoms. The van der Waals surface area contributed by atoms with E-state index in [1.807, 2.05) is 43.3 Å². The maximum absolute atomic E-state index is 5.19. The summed E-state index contributed by atoms with van der Waals surface area (Å²) in [7, 11) is 1.66. The minimum atomic E-state index is 0.839. The third-order valence-electron chi connectivity index (χ3n) is 3.28. The zero-order chi connectivity index (χ0) is 13.9. The molecule has 20 heavy (non-hydrogen) atoms. The minimum Gasteiger partial charge on any atom is -0.497 e. The Balaban J connectivity index is 2.11. The normalized spacial score (nSPS) is 10.5. The molecule has 0 fully saturated rings. The van der Waals surface area contributed by atoms with Crippen LogP contribution in [0.15, 0.2) is 48.8 Å². The highest BCUT2D eigenvalue weighted by Gasteiger charge is 2.14. The smallest absolute Gasteiger partial charge is 0.118 e. The number of nitrogens with one attached hydrogen (secondary N) is 1. The number of aromatic amines is 1.